The van der Waals surface area contributed by atoms with Crippen LogP contribution in [0.5, 0.6) is 0 Å². The van der Waals surface area contributed by atoms with Crippen LogP contribution < -0.4 is 5.32 Å². The topological polar surface area (TPSA) is 46.5 Å². The van der Waals surface area contributed by atoms with Gasteiger partial charge in [-0.1, -0.05) is 18.2 Å². The number of morpholine rings is 1. The van der Waals surface area contributed by atoms with Crippen LogP contribution >= 0.6 is 0 Å². The summed E-state index contributed by atoms with van der Waals surface area (Å²) in [5.41, 5.74) is 1.18. The molecule has 2 aromatic rings. The Labute approximate surface area is 142 Å². The summed E-state index contributed by atoms with van der Waals surface area (Å²) in [6.07, 6.45) is 5.21. The van der Waals surface area contributed by atoms with E-state index in [0.717, 1.165) is 13.2 Å². The third-order valence-corrected chi connectivity index (χ3v) is 5.25. The molecule has 2 fully saturated rings. The van der Waals surface area contributed by atoms with Crippen LogP contribution in [0.4, 0.5) is 0 Å². The predicted octanol–water partition coefficient (Wildman–Crippen LogP) is 2.01. The number of ether oxygens (including phenoxy) is 1. The molecule has 0 radical (unpaired) electrons. The van der Waals surface area contributed by atoms with Gasteiger partial charge in [0.2, 0.25) is 5.91 Å². The zero-order valence-electron chi connectivity index (χ0n) is 14.0. The van der Waals surface area contributed by atoms with Crippen molar-refractivity contribution < 1.29 is 9.53 Å². The Balaban J connectivity index is 1.24. The van der Waals surface area contributed by atoms with Gasteiger partial charge in [-0.25, -0.2) is 0 Å². The molecule has 2 aliphatic rings. The first-order chi connectivity index (χ1) is 11.8. The first-order valence-corrected chi connectivity index (χ1v) is 8.96. The van der Waals surface area contributed by atoms with Crippen molar-refractivity contribution in [3.05, 3.63) is 36.5 Å². The molecule has 1 aromatic heterocycles. The SMILES string of the molecule is O=C(CCn1ccc2ccccc21)NC[C@@H]1CN2CCC[C@H]2CO1. The monoisotopic (exact) mass is 327 g/mol. The molecule has 2 saturated heterocycles. The average Bonchev–Trinajstić information content (AvgIpc) is 3.24. The molecule has 1 N–H and O–H groups in total. The summed E-state index contributed by atoms with van der Waals surface area (Å²) in [7, 11) is 0. The number of fused-ring (bicyclic) bond motifs is 2. The Morgan fingerprint density at radius 2 is 2.21 bits per heavy atom. The number of para-hydroxylation sites is 1. The maximum Gasteiger partial charge on any atom is 0.221 e. The molecule has 0 spiro atoms. The number of hydrogen-bond donors (Lipinski definition) is 1. The summed E-state index contributed by atoms with van der Waals surface area (Å²) in [6, 6.07) is 11.0. The Bertz CT molecular complexity index is 711. The van der Waals surface area contributed by atoms with Crippen molar-refractivity contribution in [2.75, 3.05) is 26.2 Å². The predicted molar refractivity (Wildman–Crippen MR) is 93.9 cm³/mol. The first-order valence-electron chi connectivity index (χ1n) is 8.96. The van der Waals surface area contributed by atoms with E-state index >= 15 is 0 Å². The molecule has 1 aromatic carbocycles. The Kier molecular flexibility index (Phi) is 4.54. The molecule has 0 aliphatic carbocycles. The van der Waals surface area contributed by atoms with E-state index < -0.39 is 0 Å². The van der Waals surface area contributed by atoms with Crippen molar-refractivity contribution in [3.63, 3.8) is 0 Å². The minimum Gasteiger partial charge on any atom is -0.373 e. The summed E-state index contributed by atoms with van der Waals surface area (Å²) in [4.78, 5) is 14.7. The van der Waals surface area contributed by atoms with Crippen LogP contribution in [0.2, 0.25) is 0 Å². The molecule has 4 rings (SSSR count). The van der Waals surface area contributed by atoms with Crippen LogP contribution in [-0.2, 0) is 16.1 Å². The van der Waals surface area contributed by atoms with Crippen LogP contribution in [0.25, 0.3) is 10.9 Å². The number of amides is 1. The third-order valence-electron chi connectivity index (χ3n) is 5.25. The van der Waals surface area contributed by atoms with Gasteiger partial charge in [0.1, 0.15) is 0 Å². The van der Waals surface area contributed by atoms with E-state index in [9.17, 15) is 4.79 Å². The number of nitrogens with one attached hydrogen (secondary N) is 1. The van der Waals surface area contributed by atoms with Crippen molar-refractivity contribution in [1.82, 2.24) is 14.8 Å². The lowest BCUT2D eigenvalue weighted by Gasteiger charge is -2.35. The van der Waals surface area contributed by atoms with Gasteiger partial charge in [-0.15, -0.1) is 0 Å². The maximum atomic E-state index is 12.2. The normalized spacial score (nSPS) is 24.2. The number of hydrogen-bond acceptors (Lipinski definition) is 3. The second-order valence-corrected chi connectivity index (χ2v) is 6.87. The van der Waals surface area contributed by atoms with Gasteiger partial charge in [-0.2, -0.15) is 0 Å². The number of carbonyl (C=O) groups excluding carboxylic acids is 1. The Hall–Kier alpha value is -1.85. The second kappa shape index (κ2) is 6.95. The number of aryl methyl sites for hydroxylation is 1. The highest BCUT2D eigenvalue weighted by Gasteiger charge is 2.32. The third kappa shape index (κ3) is 3.32. The zero-order valence-corrected chi connectivity index (χ0v) is 14.0. The fraction of sp³-hybridized carbons (Fsp3) is 0.526. The quantitative estimate of drug-likeness (QED) is 0.914. The van der Waals surface area contributed by atoms with Gasteiger partial charge in [0.15, 0.2) is 0 Å². The fourth-order valence-electron chi connectivity index (χ4n) is 3.88. The molecule has 3 heterocycles. The van der Waals surface area contributed by atoms with Crippen molar-refractivity contribution >= 4 is 16.8 Å². The van der Waals surface area contributed by atoms with Crippen molar-refractivity contribution in [2.24, 2.45) is 0 Å². The summed E-state index contributed by atoms with van der Waals surface area (Å²) in [5, 5.41) is 4.26. The van der Waals surface area contributed by atoms with Gasteiger partial charge in [0.25, 0.3) is 0 Å². The van der Waals surface area contributed by atoms with E-state index in [1.54, 1.807) is 0 Å². The van der Waals surface area contributed by atoms with Gasteiger partial charge >= 0.3 is 0 Å². The van der Waals surface area contributed by atoms with Crippen LogP contribution in [-0.4, -0.2) is 53.8 Å². The molecule has 24 heavy (non-hydrogen) atoms. The molecule has 0 unspecified atom stereocenters. The van der Waals surface area contributed by atoms with Crippen molar-refractivity contribution in [1.29, 1.82) is 0 Å². The molecule has 0 bridgehead atoms. The van der Waals surface area contributed by atoms with Crippen molar-refractivity contribution in [3.8, 4) is 0 Å². The number of benzene rings is 1. The molecule has 1 amide bonds. The Morgan fingerprint density at radius 3 is 3.17 bits per heavy atom. The van der Waals surface area contributed by atoms with E-state index in [-0.39, 0.29) is 12.0 Å². The Morgan fingerprint density at radius 1 is 1.29 bits per heavy atom. The number of aromatic nitrogens is 1. The summed E-state index contributed by atoms with van der Waals surface area (Å²) in [6.45, 7) is 4.27. The van der Waals surface area contributed by atoms with Crippen LogP contribution in [0.1, 0.15) is 19.3 Å². The minimum absolute atomic E-state index is 0.0972. The van der Waals surface area contributed by atoms with Crippen LogP contribution in [0.15, 0.2) is 36.5 Å². The van der Waals surface area contributed by atoms with Gasteiger partial charge < -0.3 is 14.6 Å². The molecule has 0 saturated carbocycles. The molecule has 2 atom stereocenters. The van der Waals surface area contributed by atoms with E-state index in [1.807, 2.05) is 12.1 Å². The van der Waals surface area contributed by atoms with Gasteiger partial charge in [-0.3, -0.25) is 9.69 Å². The molecule has 5 nitrogen and oxygen atoms in total. The summed E-state index contributed by atoms with van der Waals surface area (Å²) < 4.78 is 8.03. The van der Waals surface area contributed by atoms with Gasteiger partial charge in [0, 0.05) is 43.8 Å². The average molecular weight is 327 g/mol. The highest BCUT2D eigenvalue weighted by molar-refractivity contribution is 5.80. The fourth-order valence-corrected chi connectivity index (χ4v) is 3.88. The largest absolute Gasteiger partial charge is 0.373 e. The lowest BCUT2D eigenvalue weighted by atomic mass is 10.2. The van der Waals surface area contributed by atoms with E-state index in [4.69, 9.17) is 4.74 Å². The molecular weight excluding hydrogens is 302 g/mol. The maximum absolute atomic E-state index is 12.2. The number of nitrogens with zero attached hydrogens (tertiary/aromatic N) is 2. The van der Waals surface area contributed by atoms with E-state index in [2.05, 4.69) is 39.2 Å². The minimum atomic E-state index is 0.0972. The smallest absolute Gasteiger partial charge is 0.221 e. The number of rotatable bonds is 5. The van der Waals surface area contributed by atoms with Crippen LogP contribution in [0.3, 0.4) is 0 Å². The lowest BCUT2D eigenvalue weighted by molar-refractivity contribution is -0.122. The van der Waals surface area contributed by atoms with E-state index in [1.165, 1.54) is 30.3 Å². The first kappa shape index (κ1) is 15.7. The molecule has 2 aliphatic heterocycles. The highest BCUT2D eigenvalue weighted by Crippen LogP contribution is 2.22. The van der Waals surface area contributed by atoms with Crippen LogP contribution in [0, 0.1) is 0 Å². The zero-order chi connectivity index (χ0) is 16.4. The van der Waals surface area contributed by atoms with Gasteiger partial charge in [0.05, 0.1) is 12.7 Å². The van der Waals surface area contributed by atoms with Crippen molar-refractivity contribution in [2.45, 2.75) is 38.0 Å². The number of carbonyl (C=O) groups is 1. The second-order valence-electron chi connectivity index (χ2n) is 6.87. The lowest BCUT2D eigenvalue weighted by Crippen LogP contribution is -2.50. The van der Waals surface area contributed by atoms with Gasteiger partial charge in [-0.05, 0) is 36.9 Å². The molecular formula is C19H25N3O2. The molecule has 5 heteroatoms. The standard InChI is InChI=1S/C19H25N3O2/c23-19(8-11-21-10-7-15-4-1-2-6-18(15)21)20-12-17-13-22-9-3-5-16(22)14-24-17/h1-2,4,6-7,10,16-17H,3,5,8-9,11-14H2,(H,20,23)/t16-,17+/m0/s1. The van der Waals surface area contributed by atoms with E-state index in [0.29, 0.717) is 25.6 Å². The molecule has 128 valence electrons. The summed E-state index contributed by atoms with van der Waals surface area (Å²) >= 11 is 0. The summed E-state index contributed by atoms with van der Waals surface area (Å²) in [5.74, 6) is 0.0972. The highest BCUT2D eigenvalue weighted by atomic mass is 16.5.